The number of carbonyl (C=O) groups excluding carboxylic acids is 2. The predicted octanol–water partition coefficient (Wildman–Crippen LogP) is 2.83. The van der Waals surface area contributed by atoms with Crippen LogP contribution in [-0.2, 0) is 11.2 Å². The molecule has 2 heterocycles. The third-order valence-electron chi connectivity index (χ3n) is 6.14. The number of carbonyl (C=O) groups is 2. The van der Waals surface area contributed by atoms with E-state index in [0.29, 0.717) is 18.0 Å². The predicted molar refractivity (Wildman–Crippen MR) is 107 cm³/mol. The topological polar surface area (TPSA) is 52.7 Å². The third kappa shape index (κ3) is 3.62. The van der Waals surface area contributed by atoms with Crippen molar-refractivity contribution in [2.45, 2.75) is 59.0 Å². The smallest absolute Gasteiger partial charge is 0.251 e. The fourth-order valence-corrected chi connectivity index (χ4v) is 4.34. The molecule has 3 aliphatic rings. The lowest BCUT2D eigenvalue weighted by Gasteiger charge is -2.26. The maximum absolute atomic E-state index is 12.8. The number of anilines is 1. The first kappa shape index (κ1) is 18.5. The number of amides is 2. The van der Waals surface area contributed by atoms with Crippen LogP contribution in [0, 0.1) is 11.3 Å². The fraction of sp³-hybridized carbons (Fsp3) is 0.636. The Bertz CT molecular complexity index is 763. The number of fused-ring (bicyclic) bond motifs is 1. The average Bonchev–Trinajstić information content (AvgIpc) is 3.28. The Kier molecular flexibility index (Phi) is 4.53. The second kappa shape index (κ2) is 6.62. The quantitative estimate of drug-likeness (QED) is 0.891. The number of nitrogens with zero attached hydrogens (tertiary/aromatic N) is 2. The van der Waals surface area contributed by atoms with Gasteiger partial charge in [-0.25, -0.2) is 0 Å². The van der Waals surface area contributed by atoms with Gasteiger partial charge in [-0.2, -0.15) is 0 Å². The van der Waals surface area contributed by atoms with Gasteiger partial charge in [-0.15, -0.1) is 0 Å². The highest BCUT2D eigenvalue weighted by Gasteiger charge is 2.39. The van der Waals surface area contributed by atoms with Crippen LogP contribution in [0.2, 0.25) is 0 Å². The molecule has 0 aromatic heterocycles. The first-order valence-corrected chi connectivity index (χ1v) is 10.2. The van der Waals surface area contributed by atoms with Crippen LogP contribution in [0.15, 0.2) is 18.2 Å². The Morgan fingerprint density at radius 2 is 1.89 bits per heavy atom. The first-order valence-electron chi connectivity index (χ1n) is 10.2. The van der Waals surface area contributed by atoms with Crippen LogP contribution in [-0.4, -0.2) is 48.4 Å². The molecule has 4 rings (SSSR count). The molecule has 2 aliphatic heterocycles. The molecule has 1 aromatic carbocycles. The van der Waals surface area contributed by atoms with Crippen molar-refractivity contribution in [3.05, 3.63) is 29.3 Å². The lowest BCUT2D eigenvalue weighted by atomic mass is 9.94. The Balaban J connectivity index is 1.45. The largest absolute Gasteiger partial charge is 0.348 e. The maximum Gasteiger partial charge on any atom is 0.251 e. The SMILES string of the molecule is C[C@@H]1CN(C2CC2)C[C@@H]1NC(=O)c1ccc2c(c1)CCN2C(=O)C(C)(C)C. The molecule has 1 aromatic rings. The van der Waals surface area contributed by atoms with Crippen LogP contribution in [0.3, 0.4) is 0 Å². The molecular formula is C22H31N3O2. The molecule has 2 amide bonds. The van der Waals surface area contributed by atoms with E-state index in [2.05, 4.69) is 17.1 Å². The van der Waals surface area contributed by atoms with Crippen molar-refractivity contribution in [1.29, 1.82) is 0 Å². The van der Waals surface area contributed by atoms with Gasteiger partial charge in [0.1, 0.15) is 0 Å². The second-order valence-corrected chi connectivity index (χ2v) is 9.54. The molecule has 0 spiro atoms. The van der Waals surface area contributed by atoms with Crippen LogP contribution in [0.1, 0.15) is 56.5 Å². The number of rotatable bonds is 3. The highest BCUT2D eigenvalue weighted by Crippen LogP contribution is 2.33. The number of likely N-dealkylation sites (tertiary alicyclic amines) is 1. The maximum atomic E-state index is 12.8. The molecule has 2 fully saturated rings. The molecule has 0 radical (unpaired) electrons. The molecule has 1 saturated carbocycles. The highest BCUT2D eigenvalue weighted by atomic mass is 16.2. The van der Waals surface area contributed by atoms with Crippen molar-refractivity contribution >= 4 is 17.5 Å². The Hall–Kier alpha value is -1.88. The minimum atomic E-state index is -0.399. The zero-order valence-electron chi connectivity index (χ0n) is 16.9. The van der Waals surface area contributed by atoms with Gasteiger partial charge in [-0.05, 0) is 48.9 Å². The van der Waals surface area contributed by atoms with Gasteiger partial charge in [-0.1, -0.05) is 27.7 Å². The standard InChI is InChI=1S/C22H31N3O2/c1-14-12-24(17-6-7-17)13-18(14)23-20(26)16-5-8-19-15(11-16)9-10-25(19)21(27)22(2,3)4/h5,8,11,14,17-18H,6-7,9-10,12-13H2,1-4H3,(H,23,26)/t14-,18+/m1/s1. The average molecular weight is 370 g/mol. The summed E-state index contributed by atoms with van der Waals surface area (Å²) in [5, 5.41) is 3.25. The monoisotopic (exact) mass is 369 g/mol. The molecule has 0 unspecified atom stereocenters. The molecule has 1 saturated heterocycles. The number of hydrogen-bond acceptors (Lipinski definition) is 3. The second-order valence-electron chi connectivity index (χ2n) is 9.54. The van der Waals surface area contributed by atoms with Gasteiger partial charge in [0.2, 0.25) is 5.91 Å². The van der Waals surface area contributed by atoms with E-state index in [-0.39, 0.29) is 17.9 Å². The Morgan fingerprint density at radius 3 is 2.56 bits per heavy atom. The van der Waals surface area contributed by atoms with E-state index in [0.717, 1.165) is 36.8 Å². The van der Waals surface area contributed by atoms with Crippen LogP contribution in [0.25, 0.3) is 0 Å². The molecule has 1 N–H and O–H groups in total. The number of hydrogen-bond donors (Lipinski definition) is 1. The summed E-state index contributed by atoms with van der Waals surface area (Å²) < 4.78 is 0. The zero-order chi connectivity index (χ0) is 19.3. The van der Waals surface area contributed by atoms with E-state index in [1.54, 1.807) is 0 Å². The lowest BCUT2D eigenvalue weighted by Crippen LogP contribution is -2.40. The van der Waals surface area contributed by atoms with Gasteiger partial charge in [0.15, 0.2) is 0 Å². The van der Waals surface area contributed by atoms with Crippen molar-refractivity contribution in [2.24, 2.45) is 11.3 Å². The van der Waals surface area contributed by atoms with Gasteiger partial charge in [0, 0.05) is 48.4 Å². The van der Waals surface area contributed by atoms with E-state index in [1.165, 1.54) is 12.8 Å². The van der Waals surface area contributed by atoms with Gasteiger partial charge >= 0.3 is 0 Å². The Labute approximate surface area is 162 Å². The van der Waals surface area contributed by atoms with E-state index in [4.69, 9.17) is 0 Å². The molecule has 1 aliphatic carbocycles. The molecule has 5 nitrogen and oxygen atoms in total. The van der Waals surface area contributed by atoms with E-state index in [9.17, 15) is 9.59 Å². The van der Waals surface area contributed by atoms with Crippen molar-refractivity contribution in [1.82, 2.24) is 10.2 Å². The fourth-order valence-electron chi connectivity index (χ4n) is 4.34. The number of benzene rings is 1. The van der Waals surface area contributed by atoms with Crippen molar-refractivity contribution in [3.8, 4) is 0 Å². The first-order chi connectivity index (χ1) is 12.7. The molecular weight excluding hydrogens is 338 g/mol. The van der Waals surface area contributed by atoms with Crippen molar-refractivity contribution < 1.29 is 9.59 Å². The molecule has 2 atom stereocenters. The molecule has 27 heavy (non-hydrogen) atoms. The van der Waals surface area contributed by atoms with Crippen LogP contribution < -0.4 is 10.2 Å². The molecule has 0 bridgehead atoms. The van der Waals surface area contributed by atoms with E-state index in [1.807, 2.05) is 43.9 Å². The van der Waals surface area contributed by atoms with Crippen molar-refractivity contribution in [3.63, 3.8) is 0 Å². The Morgan fingerprint density at radius 1 is 1.15 bits per heavy atom. The number of nitrogens with one attached hydrogen (secondary N) is 1. The summed E-state index contributed by atoms with van der Waals surface area (Å²) >= 11 is 0. The minimum Gasteiger partial charge on any atom is -0.348 e. The summed E-state index contributed by atoms with van der Waals surface area (Å²) in [6.45, 7) is 10.8. The minimum absolute atomic E-state index is 0.00731. The van der Waals surface area contributed by atoms with E-state index >= 15 is 0 Å². The van der Waals surface area contributed by atoms with Gasteiger partial charge in [-0.3, -0.25) is 14.5 Å². The van der Waals surface area contributed by atoms with Crippen LogP contribution in [0.5, 0.6) is 0 Å². The van der Waals surface area contributed by atoms with Crippen LogP contribution >= 0.6 is 0 Å². The van der Waals surface area contributed by atoms with E-state index < -0.39 is 5.41 Å². The summed E-state index contributed by atoms with van der Waals surface area (Å²) in [5.74, 6) is 0.634. The van der Waals surface area contributed by atoms with Gasteiger partial charge in [0.25, 0.3) is 5.91 Å². The lowest BCUT2D eigenvalue weighted by molar-refractivity contribution is -0.125. The molecule has 5 heteroatoms. The molecule has 146 valence electrons. The third-order valence-corrected chi connectivity index (χ3v) is 6.14. The normalized spacial score (nSPS) is 25.6. The van der Waals surface area contributed by atoms with Crippen molar-refractivity contribution in [2.75, 3.05) is 24.5 Å². The zero-order valence-corrected chi connectivity index (χ0v) is 16.9. The summed E-state index contributed by atoms with van der Waals surface area (Å²) in [5.41, 5.74) is 2.36. The van der Waals surface area contributed by atoms with Gasteiger partial charge in [0.05, 0.1) is 0 Å². The highest BCUT2D eigenvalue weighted by molar-refractivity contribution is 6.00. The summed E-state index contributed by atoms with van der Waals surface area (Å²) in [7, 11) is 0. The van der Waals surface area contributed by atoms with Crippen LogP contribution in [0.4, 0.5) is 5.69 Å². The van der Waals surface area contributed by atoms with Gasteiger partial charge < -0.3 is 10.2 Å². The summed E-state index contributed by atoms with van der Waals surface area (Å²) in [4.78, 5) is 29.8. The summed E-state index contributed by atoms with van der Waals surface area (Å²) in [6.07, 6.45) is 3.43. The summed E-state index contributed by atoms with van der Waals surface area (Å²) in [6, 6.07) is 6.75.